The van der Waals surface area contributed by atoms with Crippen molar-refractivity contribution in [1.29, 1.82) is 0 Å². The molecule has 0 saturated heterocycles. The summed E-state index contributed by atoms with van der Waals surface area (Å²) >= 11 is 0. The minimum absolute atomic E-state index is 0.140. The first-order chi connectivity index (χ1) is 6.69. The number of rotatable bonds is 2. The first-order valence-electron chi connectivity index (χ1n) is 3.32. The fourth-order valence-electron chi connectivity index (χ4n) is 0.741. The summed E-state index contributed by atoms with van der Waals surface area (Å²) in [6, 6.07) is 4.51. The summed E-state index contributed by atoms with van der Waals surface area (Å²) in [7, 11) is 11.6. The van der Waals surface area contributed by atoms with Crippen LogP contribution in [0.4, 0.5) is 0 Å². The van der Waals surface area contributed by atoms with Crippen LogP contribution in [0.5, 0.6) is 0 Å². The first kappa shape index (κ1) is 11.8. The van der Waals surface area contributed by atoms with Gasteiger partial charge in [0.15, 0.2) is 0 Å². The van der Waals surface area contributed by atoms with Gasteiger partial charge in [-0.15, -0.1) is 0 Å². The smallest absolute Gasteiger partial charge is 0.253 e. The quantitative estimate of drug-likeness (QED) is 0.824. The third-order valence-electron chi connectivity index (χ3n) is 1.31. The molecule has 0 aliphatic heterocycles. The molecule has 0 spiro atoms. The summed E-state index contributed by atoms with van der Waals surface area (Å²) in [5, 5.41) is -0.804. The van der Waals surface area contributed by atoms with E-state index in [4.69, 9.17) is 21.4 Å². The van der Waals surface area contributed by atoms with E-state index in [1.807, 2.05) is 0 Å². The lowest BCUT2D eigenvalue weighted by molar-refractivity contribution is 0.108. The Labute approximate surface area is 97.6 Å². The lowest BCUT2D eigenvalue weighted by atomic mass is 10.3. The van der Waals surface area contributed by atoms with E-state index in [-0.39, 0.29) is 11.4 Å². The molecule has 0 fully saturated rings. The van der Waals surface area contributed by atoms with Crippen molar-refractivity contribution in [3.63, 3.8) is 0 Å². The number of aromatic nitrogens is 1. The zero-order chi connectivity index (χ0) is 10.6. The minimum Gasteiger partial charge on any atom is -0.278 e. The molecule has 14 heavy (non-hydrogen) atoms. The Morgan fingerprint density at radius 3 is 1.86 bits per heavy atom. The van der Waals surface area contributed by atoms with Gasteiger partial charge in [-0.3, -0.25) is 9.59 Å². The number of hydrogen-bond donors (Lipinski definition) is 0. The monoisotopic (exact) mass is 267 g/mol. The molecule has 0 saturated carbocycles. The van der Waals surface area contributed by atoms with E-state index in [1.165, 1.54) is 12.1 Å². The van der Waals surface area contributed by atoms with Crippen LogP contribution in [0.15, 0.2) is 18.2 Å². The lowest BCUT2D eigenvalue weighted by Gasteiger charge is -1.97. The van der Waals surface area contributed by atoms with Crippen molar-refractivity contribution < 1.29 is 9.59 Å². The van der Waals surface area contributed by atoms with Crippen LogP contribution in [0.2, 0.25) is 0 Å². The van der Waals surface area contributed by atoms with Crippen LogP contribution in [-0.4, -0.2) is 15.2 Å². The van der Waals surface area contributed by atoms with E-state index in [0.29, 0.717) is 22.0 Å². The maximum absolute atomic E-state index is 11.1. The molecule has 1 heterocycles. The SMILES string of the molecule is O=C(SCl)c1cccc(C(=O)SCl)n1. The van der Waals surface area contributed by atoms with Crippen molar-refractivity contribution in [3.05, 3.63) is 29.6 Å². The molecule has 0 bridgehead atoms. The Balaban J connectivity index is 3.01. The van der Waals surface area contributed by atoms with Crippen LogP contribution >= 0.6 is 43.3 Å². The second-order valence-electron chi connectivity index (χ2n) is 2.14. The van der Waals surface area contributed by atoms with Crippen molar-refractivity contribution in [2.45, 2.75) is 0 Å². The van der Waals surface area contributed by atoms with E-state index in [9.17, 15) is 9.59 Å². The van der Waals surface area contributed by atoms with Gasteiger partial charge in [-0.1, -0.05) is 6.07 Å². The molecule has 0 aliphatic carbocycles. The highest BCUT2D eigenvalue weighted by Gasteiger charge is 2.11. The Kier molecular flexibility index (Phi) is 4.74. The number of halogens is 2. The largest absolute Gasteiger partial charge is 0.278 e. The number of carbonyl (C=O) groups excluding carboxylic acids is 2. The average Bonchev–Trinajstić information content (AvgIpc) is 2.27. The molecule has 0 aromatic carbocycles. The Hall–Kier alpha value is -0.230. The number of pyridine rings is 1. The molecular formula is C7H3Cl2NO2S2. The van der Waals surface area contributed by atoms with E-state index in [2.05, 4.69) is 4.98 Å². The summed E-state index contributed by atoms with van der Waals surface area (Å²) in [6.45, 7) is 0. The number of nitrogens with zero attached hydrogens (tertiary/aromatic N) is 1. The van der Waals surface area contributed by atoms with Crippen molar-refractivity contribution in [3.8, 4) is 0 Å². The molecule has 1 aromatic heterocycles. The van der Waals surface area contributed by atoms with Crippen LogP contribution in [0.1, 0.15) is 21.0 Å². The van der Waals surface area contributed by atoms with Gasteiger partial charge in [-0.25, -0.2) is 4.98 Å². The van der Waals surface area contributed by atoms with Gasteiger partial charge in [0.25, 0.3) is 10.2 Å². The Morgan fingerprint density at radius 1 is 1.07 bits per heavy atom. The van der Waals surface area contributed by atoms with Gasteiger partial charge in [0.2, 0.25) is 0 Å². The Morgan fingerprint density at radius 2 is 1.50 bits per heavy atom. The molecule has 0 unspecified atom stereocenters. The highest BCUT2D eigenvalue weighted by molar-refractivity contribution is 8.33. The molecule has 7 heteroatoms. The molecule has 0 radical (unpaired) electrons. The fraction of sp³-hybridized carbons (Fsp3) is 0. The molecule has 1 aromatic rings. The van der Waals surface area contributed by atoms with Crippen LogP contribution in [0.3, 0.4) is 0 Å². The summed E-state index contributed by atoms with van der Waals surface area (Å²) in [6.07, 6.45) is 0. The maximum Gasteiger partial charge on any atom is 0.253 e. The molecule has 1 rings (SSSR count). The van der Waals surface area contributed by atoms with Crippen molar-refractivity contribution in [2.75, 3.05) is 0 Å². The topological polar surface area (TPSA) is 47.0 Å². The predicted octanol–water partition coefficient (Wildman–Crippen LogP) is 3.14. The van der Waals surface area contributed by atoms with E-state index in [0.717, 1.165) is 0 Å². The molecule has 0 amide bonds. The lowest BCUT2D eigenvalue weighted by Crippen LogP contribution is -2.01. The van der Waals surface area contributed by atoms with Crippen LogP contribution < -0.4 is 0 Å². The van der Waals surface area contributed by atoms with Gasteiger partial charge in [0.05, 0.1) is 0 Å². The molecule has 0 N–H and O–H groups in total. The van der Waals surface area contributed by atoms with E-state index < -0.39 is 10.2 Å². The summed E-state index contributed by atoms with van der Waals surface area (Å²) in [5.74, 6) is 0. The normalized spacial score (nSPS) is 9.86. The van der Waals surface area contributed by atoms with Gasteiger partial charge in [0.1, 0.15) is 11.4 Å². The first-order valence-corrected chi connectivity index (χ1v) is 6.60. The van der Waals surface area contributed by atoms with Crippen LogP contribution in [0.25, 0.3) is 0 Å². The number of hydrogen-bond acceptors (Lipinski definition) is 5. The van der Waals surface area contributed by atoms with Gasteiger partial charge < -0.3 is 0 Å². The van der Waals surface area contributed by atoms with Crippen LogP contribution in [0, 0.1) is 0 Å². The van der Waals surface area contributed by atoms with E-state index >= 15 is 0 Å². The summed E-state index contributed by atoms with van der Waals surface area (Å²) in [4.78, 5) is 26.0. The minimum atomic E-state index is -0.402. The van der Waals surface area contributed by atoms with Gasteiger partial charge >= 0.3 is 0 Å². The zero-order valence-corrected chi connectivity index (χ0v) is 9.71. The Bertz CT molecular complexity index is 341. The fourth-order valence-corrected chi connectivity index (χ4v) is 1.60. The van der Waals surface area contributed by atoms with Crippen molar-refractivity contribution >= 4 is 53.5 Å². The van der Waals surface area contributed by atoms with Crippen molar-refractivity contribution in [1.82, 2.24) is 4.98 Å². The third-order valence-corrected chi connectivity index (χ3v) is 2.85. The van der Waals surface area contributed by atoms with Crippen LogP contribution in [-0.2, 0) is 0 Å². The standard InChI is InChI=1S/C7H3Cl2NO2S2/c8-13-6(11)4-2-1-3-5(10-4)7(12)14-9/h1-3H. The molecular weight excluding hydrogens is 265 g/mol. The summed E-state index contributed by atoms with van der Waals surface area (Å²) in [5.41, 5.74) is 0.281. The number of carbonyl (C=O) groups is 2. The average molecular weight is 268 g/mol. The van der Waals surface area contributed by atoms with Gasteiger partial charge in [0, 0.05) is 22.0 Å². The predicted molar refractivity (Wildman–Crippen MR) is 59.8 cm³/mol. The summed E-state index contributed by atoms with van der Waals surface area (Å²) < 4.78 is 0. The second-order valence-corrected chi connectivity index (χ2v) is 4.11. The molecule has 0 atom stereocenters. The molecule has 3 nitrogen and oxygen atoms in total. The highest BCUT2D eigenvalue weighted by Crippen LogP contribution is 2.17. The second kappa shape index (κ2) is 5.60. The van der Waals surface area contributed by atoms with E-state index in [1.54, 1.807) is 6.07 Å². The van der Waals surface area contributed by atoms with Gasteiger partial charge in [-0.2, -0.15) is 0 Å². The van der Waals surface area contributed by atoms with Crippen molar-refractivity contribution in [2.24, 2.45) is 0 Å². The molecule has 0 aliphatic rings. The highest BCUT2D eigenvalue weighted by atomic mass is 35.7. The zero-order valence-electron chi connectivity index (χ0n) is 6.57. The maximum atomic E-state index is 11.1. The third kappa shape index (κ3) is 2.88. The molecule has 74 valence electrons. The van der Waals surface area contributed by atoms with Gasteiger partial charge in [-0.05, 0) is 33.5 Å².